The van der Waals surface area contributed by atoms with Crippen LogP contribution in [0.4, 0.5) is 0 Å². The van der Waals surface area contributed by atoms with E-state index in [2.05, 4.69) is 15.0 Å². The molecule has 21 heavy (non-hydrogen) atoms. The van der Waals surface area contributed by atoms with E-state index in [1.807, 2.05) is 0 Å². The first kappa shape index (κ1) is 16.6. The van der Waals surface area contributed by atoms with E-state index in [1.165, 1.54) is 7.11 Å². The van der Waals surface area contributed by atoms with E-state index in [1.54, 1.807) is 26.0 Å². The number of carboxylic acid groups (broad SMARTS) is 1. The normalized spacial score (nSPS) is 11.6. The molecule has 0 aliphatic heterocycles. The van der Waals surface area contributed by atoms with Crippen LogP contribution in [-0.4, -0.2) is 41.1 Å². The van der Waals surface area contributed by atoms with E-state index in [0.29, 0.717) is 11.3 Å². The first-order valence-electron chi connectivity index (χ1n) is 6.40. The molecule has 0 bridgehead atoms. The molecule has 0 aromatic carbocycles. The van der Waals surface area contributed by atoms with Crippen LogP contribution < -0.4 is 5.32 Å². The second-order valence-corrected chi connectivity index (χ2v) is 4.56. The van der Waals surface area contributed by atoms with Gasteiger partial charge in [0.2, 0.25) is 0 Å². The number of ether oxygens (including phenoxy) is 1. The Morgan fingerprint density at radius 2 is 2.00 bits per heavy atom. The first-order valence-corrected chi connectivity index (χ1v) is 6.40. The van der Waals surface area contributed by atoms with E-state index in [9.17, 15) is 14.4 Å². The third-order valence-electron chi connectivity index (χ3n) is 2.94. The van der Waals surface area contributed by atoms with Crippen molar-refractivity contribution < 1.29 is 24.2 Å². The maximum Gasteiger partial charge on any atom is 0.326 e. The molecule has 7 nitrogen and oxygen atoms in total. The highest BCUT2D eigenvalue weighted by atomic mass is 16.5. The number of carbonyl (C=O) groups is 3. The standard InChI is InChI=1S/C14H18N2O5/c1-8-4-5-10(9(2)15-8)13(18)16-11(14(19)20)6-7-12(17)21-3/h4-5,11H,6-7H2,1-3H3,(H,16,18)(H,19,20). The number of aliphatic carboxylic acids is 1. The Labute approximate surface area is 122 Å². The fourth-order valence-electron chi connectivity index (χ4n) is 1.78. The first-order chi connectivity index (χ1) is 9.85. The van der Waals surface area contributed by atoms with Gasteiger partial charge in [-0.1, -0.05) is 0 Å². The van der Waals surface area contributed by atoms with Crippen molar-refractivity contribution in [3.63, 3.8) is 0 Å². The number of nitrogens with zero attached hydrogens (tertiary/aromatic N) is 1. The van der Waals surface area contributed by atoms with Gasteiger partial charge in [0.05, 0.1) is 18.4 Å². The fraction of sp³-hybridized carbons (Fsp3) is 0.429. The molecule has 1 heterocycles. The molecular formula is C14H18N2O5. The molecule has 2 N–H and O–H groups in total. The summed E-state index contributed by atoms with van der Waals surface area (Å²) in [6.45, 7) is 3.47. The monoisotopic (exact) mass is 294 g/mol. The lowest BCUT2D eigenvalue weighted by Crippen LogP contribution is -2.41. The Balaban J connectivity index is 2.76. The predicted octanol–water partition coefficient (Wildman–Crippen LogP) is 0.835. The predicted molar refractivity (Wildman–Crippen MR) is 73.9 cm³/mol. The third kappa shape index (κ3) is 4.87. The summed E-state index contributed by atoms with van der Waals surface area (Å²) in [7, 11) is 1.22. The highest BCUT2D eigenvalue weighted by Gasteiger charge is 2.22. The van der Waals surface area contributed by atoms with Gasteiger partial charge in [-0.05, 0) is 32.4 Å². The van der Waals surface area contributed by atoms with E-state index >= 15 is 0 Å². The average Bonchev–Trinajstić information content (AvgIpc) is 2.42. The maximum atomic E-state index is 12.1. The van der Waals surface area contributed by atoms with E-state index in [4.69, 9.17) is 5.11 Å². The molecule has 1 amide bonds. The van der Waals surface area contributed by atoms with Gasteiger partial charge < -0.3 is 15.2 Å². The molecule has 0 aliphatic carbocycles. The van der Waals surface area contributed by atoms with Crippen molar-refractivity contribution in [2.45, 2.75) is 32.7 Å². The minimum Gasteiger partial charge on any atom is -0.480 e. The van der Waals surface area contributed by atoms with Gasteiger partial charge in [0.25, 0.3) is 5.91 Å². The third-order valence-corrected chi connectivity index (χ3v) is 2.94. The number of esters is 1. The number of nitrogens with one attached hydrogen (secondary N) is 1. The van der Waals surface area contributed by atoms with Crippen LogP contribution in [0.5, 0.6) is 0 Å². The van der Waals surface area contributed by atoms with Crippen LogP contribution in [0, 0.1) is 13.8 Å². The summed E-state index contributed by atoms with van der Waals surface area (Å²) >= 11 is 0. The zero-order valence-corrected chi connectivity index (χ0v) is 12.2. The van der Waals surface area contributed by atoms with Crippen LogP contribution in [0.25, 0.3) is 0 Å². The molecule has 1 aromatic rings. The number of carboxylic acids is 1. The number of aryl methyl sites for hydroxylation is 2. The van der Waals surface area contributed by atoms with Gasteiger partial charge in [-0.2, -0.15) is 0 Å². The molecule has 1 atom stereocenters. The largest absolute Gasteiger partial charge is 0.480 e. The number of rotatable bonds is 6. The van der Waals surface area contributed by atoms with E-state index in [0.717, 1.165) is 5.69 Å². The minimum atomic E-state index is -1.20. The summed E-state index contributed by atoms with van der Waals surface area (Å²) in [5, 5.41) is 11.5. The summed E-state index contributed by atoms with van der Waals surface area (Å²) in [4.78, 5) is 38.4. The number of pyridine rings is 1. The molecule has 1 rings (SSSR count). The summed E-state index contributed by atoms with van der Waals surface area (Å²) in [5.41, 5.74) is 1.60. The maximum absolute atomic E-state index is 12.1. The van der Waals surface area contributed by atoms with Crippen molar-refractivity contribution in [3.8, 4) is 0 Å². The number of aromatic nitrogens is 1. The SMILES string of the molecule is COC(=O)CCC(NC(=O)c1ccc(C)nc1C)C(=O)O. The summed E-state index contributed by atoms with van der Waals surface area (Å²) < 4.78 is 4.45. The van der Waals surface area contributed by atoms with Crippen molar-refractivity contribution in [3.05, 3.63) is 29.1 Å². The molecule has 0 spiro atoms. The molecule has 0 saturated heterocycles. The van der Waals surface area contributed by atoms with Crippen molar-refractivity contribution in [2.75, 3.05) is 7.11 Å². The van der Waals surface area contributed by atoms with Crippen molar-refractivity contribution in [1.29, 1.82) is 0 Å². The Morgan fingerprint density at radius 3 is 2.52 bits per heavy atom. The van der Waals surface area contributed by atoms with Crippen LogP contribution in [-0.2, 0) is 14.3 Å². The van der Waals surface area contributed by atoms with Crippen LogP contribution in [0.3, 0.4) is 0 Å². The van der Waals surface area contributed by atoms with Gasteiger partial charge in [0, 0.05) is 12.1 Å². The minimum absolute atomic E-state index is 0.0356. The van der Waals surface area contributed by atoms with Gasteiger partial charge in [-0.3, -0.25) is 14.6 Å². The van der Waals surface area contributed by atoms with E-state index < -0.39 is 23.9 Å². The Morgan fingerprint density at radius 1 is 1.33 bits per heavy atom. The van der Waals surface area contributed by atoms with Crippen LogP contribution in [0.1, 0.15) is 34.6 Å². The Kier molecular flexibility index (Phi) is 5.83. The van der Waals surface area contributed by atoms with Crippen molar-refractivity contribution >= 4 is 17.8 Å². The van der Waals surface area contributed by atoms with Gasteiger partial charge in [-0.25, -0.2) is 4.79 Å². The number of amides is 1. The number of hydrogen-bond donors (Lipinski definition) is 2. The summed E-state index contributed by atoms with van der Waals surface area (Å²) in [6.07, 6.45) is -0.120. The molecule has 1 aromatic heterocycles. The molecule has 114 valence electrons. The molecule has 0 saturated carbocycles. The zero-order valence-electron chi connectivity index (χ0n) is 12.2. The number of methoxy groups -OCH3 is 1. The molecule has 0 radical (unpaired) electrons. The highest BCUT2D eigenvalue weighted by molar-refractivity contribution is 5.97. The molecule has 0 aliphatic rings. The van der Waals surface area contributed by atoms with Crippen molar-refractivity contribution in [2.24, 2.45) is 0 Å². The highest BCUT2D eigenvalue weighted by Crippen LogP contribution is 2.08. The lowest BCUT2D eigenvalue weighted by molar-refractivity contribution is -0.142. The smallest absolute Gasteiger partial charge is 0.326 e. The number of hydrogen-bond acceptors (Lipinski definition) is 5. The van der Waals surface area contributed by atoms with E-state index in [-0.39, 0.29) is 12.8 Å². The van der Waals surface area contributed by atoms with Gasteiger partial charge in [-0.15, -0.1) is 0 Å². The summed E-state index contributed by atoms with van der Waals surface area (Å²) in [6, 6.07) is 2.11. The second kappa shape index (κ2) is 7.37. The molecular weight excluding hydrogens is 276 g/mol. The van der Waals surface area contributed by atoms with Gasteiger partial charge in [0.15, 0.2) is 0 Å². The van der Waals surface area contributed by atoms with Crippen LogP contribution in [0.2, 0.25) is 0 Å². The average molecular weight is 294 g/mol. The lowest BCUT2D eigenvalue weighted by Gasteiger charge is -2.14. The topological polar surface area (TPSA) is 106 Å². The fourth-order valence-corrected chi connectivity index (χ4v) is 1.78. The van der Waals surface area contributed by atoms with Crippen LogP contribution >= 0.6 is 0 Å². The Bertz CT molecular complexity index is 556. The van der Waals surface area contributed by atoms with Gasteiger partial charge >= 0.3 is 11.9 Å². The van der Waals surface area contributed by atoms with Crippen molar-refractivity contribution in [1.82, 2.24) is 10.3 Å². The van der Waals surface area contributed by atoms with Crippen LogP contribution in [0.15, 0.2) is 12.1 Å². The molecule has 0 fully saturated rings. The summed E-state index contributed by atoms with van der Waals surface area (Å²) in [5.74, 6) is -2.26. The second-order valence-electron chi connectivity index (χ2n) is 4.56. The zero-order chi connectivity index (χ0) is 16.0. The Hall–Kier alpha value is -2.44. The molecule has 1 unspecified atom stereocenters. The number of carbonyl (C=O) groups excluding carboxylic acids is 2. The molecule has 7 heteroatoms. The van der Waals surface area contributed by atoms with Gasteiger partial charge in [0.1, 0.15) is 6.04 Å². The quantitative estimate of drug-likeness (QED) is 0.753. The lowest BCUT2D eigenvalue weighted by atomic mass is 10.1.